The molecule has 34 heavy (non-hydrogen) atoms. The van der Waals surface area contributed by atoms with Crippen LogP contribution in [0.25, 0.3) is 5.76 Å². The van der Waals surface area contributed by atoms with Crippen molar-refractivity contribution in [2.75, 3.05) is 20.8 Å². The van der Waals surface area contributed by atoms with E-state index in [0.29, 0.717) is 16.0 Å². The summed E-state index contributed by atoms with van der Waals surface area (Å²) in [5.74, 6) is -0.441. The van der Waals surface area contributed by atoms with E-state index in [9.17, 15) is 20.1 Å². The van der Waals surface area contributed by atoms with Crippen LogP contribution in [0.2, 0.25) is 0 Å². The van der Waals surface area contributed by atoms with Crippen molar-refractivity contribution in [1.82, 2.24) is 0 Å². The summed E-state index contributed by atoms with van der Waals surface area (Å²) in [4.78, 5) is 16.1. The predicted molar refractivity (Wildman–Crippen MR) is 134 cm³/mol. The molecule has 184 valence electrons. The Morgan fingerprint density at radius 3 is 2.24 bits per heavy atom. The predicted octanol–water partition coefficient (Wildman–Crippen LogP) is 4.88. The molecular formula is C25H30BrNO7. The van der Waals surface area contributed by atoms with E-state index in [1.165, 1.54) is 13.2 Å². The van der Waals surface area contributed by atoms with Gasteiger partial charge < -0.3 is 29.5 Å². The van der Waals surface area contributed by atoms with E-state index in [1.54, 1.807) is 13.2 Å². The first-order valence-electron chi connectivity index (χ1n) is 10.5. The number of carboxylic acid groups (broad SMARTS) is 1. The van der Waals surface area contributed by atoms with Gasteiger partial charge in [-0.15, -0.1) is 0 Å². The zero-order chi connectivity index (χ0) is 25.5. The average Bonchev–Trinajstić information content (AvgIpc) is 2.79. The Balaban J connectivity index is 2.44. The van der Waals surface area contributed by atoms with E-state index >= 15 is 0 Å². The second kappa shape index (κ2) is 11.9. The van der Waals surface area contributed by atoms with Crippen LogP contribution >= 0.6 is 15.9 Å². The number of aliphatic carboxylic acids is 1. The smallest absolute Gasteiger partial charge is 0.341 e. The number of hydrogen-bond donors (Lipinski definition) is 3. The molecule has 2 aromatic carbocycles. The summed E-state index contributed by atoms with van der Waals surface area (Å²) in [6.07, 6.45) is 1.07. The Morgan fingerprint density at radius 1 is 1.09 bits per heavy atom. The Morgan fingerprint density at radius 2 is 1.74 bits per heavy atom. The van der Waals surface area contributed by atoms with E-state index in [4.69, 9.17) is 14.2 Å². The number of benzene rings is 2. The molecule has 0 aromatic heterocycles. The topological polar surface area (TPSA) is 118 Å². The first-order chi connectivity index (χ1) is 16.0. The lowest BCUT2D eigenvalue weighted by Gasteiger charge is -2.25. The lowest BCUT2D eigenvalue weighted by Crippen LogP contribution is -2.28. The number of carboxylic acids is 1. The van der Waals surface area contributed by atoms with Crippen LogP contribution in [-0.4, -0.2) is 54.4 Å². The molecule has 0 saturated carbocycles. The van der Waals surface area contributed by atoms with Crippen molar-refractivity contribution in [2.45, 2.75) is 33.4 Å². The summed E-state index contributed by atoms with van der Waals surface area (Å²) in [6, 6.07) is 9.86. The van der Waals surface area contributed by atoms with E-state index in [2.05, 4.69) is 20.9 Å². The largest absolute Gasteiger partial charge is 0.506 e. The van der Waals surface area contributed by atoms with Crippen LogP contribution in [0, 0.1) is 5.41 Å². The molecule has 1 atom stereocenters. The fourth-order valence-corrected chi connectivity index (χ4v) is 3.45. The van der Waals surface area contributed by atoms with Crippen LogP contribution in [0.15, 0.2) is 51.4 Å². The Labute approximate surface area is 207 Å². The highest BCUT2D eigenvalue weighted by atomic mass is 79.9. The summed E-state index contributed by atoms with van der Waals surface area (Å²) in [5, 5.41) is 30.2. The van der Waals surface area contributed by atoms with Gasteiger partial charge in [-0.25, -0.2) is 4.79 Å². The van der Waals surface area contributed by atoms with Gasteiger partial charge in [0.15, 0.2) is 11.5 Å². The maximum absolute atomic E-state index is 11.9. The third kappa shape index (κ3) is 6.98. The number of halogens is 1. The number of hydrogen-bond acceptors (Lipinski definition) is 7. The van der Waals surface area contributed by atoms with Crippen LogP contribution < -0.4 is 14.2 Å². The standard InChI is InChI=1S/C25H30BrNO7/c1-25(2,3)22(13-28)27-12-18(24(30)31)23(29)17-10-21(20(33-5)11-19(17)26)34-14-15-6-8-16(32-4)9-7-15/h6-12,22,28-29H,13-14H2,1-5H3,(H,30,31). The zero-order valence-corrected chi connectivity index (χ0v) is 21.4. The Bertz CT molecular complexity index is 1060. The molecule has 3 N–H and O–H groups in total. The quantitative estimate of drug-likeness (QED) is 0.225. The number of methoxy groups -OCH3 is 2. The van der Waals surface area contributed by atoms with E-state index in [-0.39, 0.29) is 18.8 Å². The minimum absolute atomic E-state index is 0.186. The monoisotopic (exact) mass is 535 g/mol. The van der Waals surface area contributed by atoms with Crippen molar-refractivity contribution >= 4 is 33.9 Å². The van der Waals surface area contributed by atoms with Crippen molar-refractivity contribution in [1.29, 1.82) is 0 Å². The van der Waals surface area contributed by atoms with Crippen molar-refractivity contribution < 1.29 is 34.3 Å². The molecule has 0 saturated heterocycles. The lowest BCUT2D eigenvalue weighted by atomic mass is 9.88. The highest BCUT2D eigenvalue weighted by Gasteiger charge is 2.24. The number of aliphatic imine (C=N–C) groups is 1. The summed E-state index contributed by atoms with van der Waals surface area (Å²) in [5.41, 5.74) is 0.246. The first-order valence-corrected chi connectivity index (χ1v) is 11.2. The molecule has 2 aromatic rings. The molecule has 0 amide bonds. The van der Waals surface area contributed by atoms with Gasteiger partial charge in [-0.3, -0.25) is 4.99 Å². The van der Waals surface area contributed by atoms with Gasteiger partial charge in [0, 0.05) is 16.3 Å². The molecule has 0 aliphatic heterocycles. The van der Waals surface area contributed by atoms with Gasteiger partial charge >= 0.3 is 5.97 Å². The van der Waals surface area contributed by atoms with E-state index in [0.717, 1.165) is 17.5 Å². The third-order valence-electron chi connectivity index (χ3n) is 5.10. The number of nitrogens with zero attached hydrogens (tertiary/aromatic N) is 1. The molecule has 0 fully saturated rings. The molecule has 0 bridgehead atoms. The van der Waals surface area contributed by atoms with E-state index < -0.39 is 28.8 Å². The number of ether oxygens (including phenoxy) is 3. The van der Waals surface area contributed by atoms with E-state index in [1.807, 2.05) is 45.0 Å². The van der Waals surface area contributed by atoms with Gasteiger partial charge in [0.25, 0.3) is 0 Å². The van der Waals surface area contributed by atoms with Crippen LogP contribution in [-0.2, 0) is 11.4 Å². The van der Waals surface area contributed by atoms with Crippen LogP contribution in [0.4, 0.5) is 0 Å². The maximum atomic E-state index is 11.9. The highest BCUT2D eigenvalue weighted by Crippen LogP contribution is 2.37. The van der Waals surface area contributed by atoms with Gasteiger partial charge in [-0.1, -0.05) is 32.9 Å². The van der Waals surface area contributed by atoms with Crippen LogP contribution in [0.1, 0.15) is 31.9 Å². The second-order valence-electron chi connectivity index (χ2n) is 8.53. The van der Waals surface area contributed by atoms with Crippen molar-refractivity contribution in [3.63, 3.8) is 0 Å². The number of carbonyl (C=O) groups is 1. The van der Waals surface area contributed by atoms with Gasteiger partial charge in [0.05, 0.1) is 26.9 Å². The molecule has 0 spiro atoms. The fraction of sp³-hybridized carbons (Fsp3) is 0.360. The van der Waals surface area contributed by atoms with Crippen LogP contribution in [0.3, 0.4) is 0 Å². The highest BCUT2D eigenvalue weighted by molar-refractivity contribution is 9.10. The molecular weight excluding hydrogens is 506 g/mol. The summed E-state index contributed by atoms with van der Waals surface area (Å²) < 4.78 is 16.8. The minimum atomic E-state index is -1.37. The van der Waals surface area contributed by atoms with Gasteiger partial charge in [-0.05, 0) is 51.2 Å². The van der Waals surface area contributed by atoms with Crippen molar-refractivity contribution in [3.8, 4) is 17.2 Å². The average molecular weight is 536 g/mol. The summed E-state index contributed by atoms with van der Waals surface area (Å²) >= 11 is 3.36. The molecule has 1 unspecified atom stereocenters. The van der Waals surface area contributed by atoms with Gasteiger partial charge in [-0.2, -0.15) is 0 Å². The molecule has 0 radical (unpaired) electrons. The van der Waals surface area contributed by atoms with Crippen LogP contribution in [0.5, 0.6) is 17.2 Å². The molecule has 0 aliphatic rings. The summed E-state index contributed by atoms with van der Waals surface area (Å²) in [7, 11) is 3.07. The third-order valence-corrected chi connectivity index (χ3v) is 5.76. The van der Waals surface area contributed by atoms with Crippen molar-refractivity contribution in [2.24, 2.45) is 10.4 Å². The molecule has 2 rings (SSSR count). The molecule has 8 nitrogen and oxygen atoms in total. The first kappa shape index (κ1) is 27.2. The number of rotatable bonds is 10. The lowest BCUT2D eigenvalue weighted by molar-refractivity contribution is -0.132. The number of aliphatic hydroxyl groups is 2. The number of aliphatic hydroxyl groups excluding tert-OH is 2. The second-order valence-corrected chi connectivity index (χ2v) is 9.38. The summed E-state index contributed by atoms with van der Waals surface area (Å²) in [6.45, 7) is 5.58. The molecule has 9 heteroatoms. The Kier molecular flexibility index (Phi) is 9.52. The fourth-order valence-electron chi connectivity index (χ4n) is 2.94. The minimum Gasteiger partial charge on any atom is -0.506 e. The SMILES string of the molecule is COc1ccc(COc2cc(C(O)=C(C=NC(CO)C(C)(C)C)C(=O)O)c(Br)cc2OC)cc1. The van der Waals surface area contributed by atoms with Crippen molar-refractivity contribution in [3.05, 3.63) is 57.6 Å². The molecule has 0 aliphatic carbocycles. The zero-order valence-electron chi connectivity index (χ0n) is 19.8. The van der Waals surface area contributed by atoms with Gasteiger partial charge in [0.1, 0.15) is 23.7 Å². The normalized spacial score (nSPS) is 13.4. The Hall–Kier alpha value is -3.04. The maximum Gasteiger partial charge on any atom is 0.341 e. The molecule has 0 heterocycles. The van der Waals surface area contributed by atoms with Gasteiger partial charge in [0.2, 0.25) is 0 Å².